The highest BCUT2D eigenvalue weighted by Crippen LogP contribution is 2.26. The molecule has 1 aromatic carbocycles. The highest BCUT2D eigenvalue weighted by atomic mass is 35.5. The van der Waals surface area contributed by atoms with Crippen LogP contribution in [-0.2, 0) is 10.0 Å². The van der Waals surface area contributed by atoms with Crippen LogP contribution in [0.4, 0.5) is 10.2 Å². The van der Waals surface area contributed by atoms with Crippen molar-refractivity contribution in [3.63, 3.8) is 0 Å². The first-order valence-electron chi connectivity index (χ1n) is 5.30. The molecule has 1 heterocycles. The first-order valence-corrected chi connectivity index (χ1v) is 7.17. The molecule has 0 bridgehead atoms. The summed E-state index contributed by atoms with van der Waals surface area (Å²) < 4.78 is 39.4. The molecule has 19 heavy (non-hydrogen) atoms. The van der Waals surface area contributed by atoms with Crippen LogP contribution in [-0.4, -0.2) is 13.4 Å². The first-order chi connectivity index (χ1) is 8.90. The van der Waals surface area contributed by atoms with Crippen molar-refractivity contribution in [1.29, 1.82) is 0 Å². The summed E-state index contributed by atoms with van der Waals surface area (Å²) in [5.74, 6) is -0.867. The van der Waals surface area contributed by atoms with Gasteiger partial charge in [0.1, 0.15) is 10.7 Å². The lowest BCUT2D eigenvalue weighted by atomic mass is 10.2. The average molecular weight is 301 g/mol. The molecule has 7 heteroatoms. The summed E-state index contributed by atoms with van der Waals surface area (Å²) in [6.07, 6.45) is 0. The van der Waals surface area contributed by atoms with Crippen LogP contribution >= 0.6 is 11.6 Å². The molecular weight excluding hydrogens is 291 g/mol. The molecule has 0 fully saturated rings. The number of sulfonamides is 1. The van der Waals surface area contributed by atoms with E-state index in [-0.39, 0.29) is 15.7 Å². The van der Waals surface area contributed by atoms with Gasteiger partial charge in [0.2, 0.25) is 5.95 Å². The number of benzene rings is 1. The molecule has 0 aliphatic heterocycles. The molecule has 0 saturated heterocycles. The average Bonchev–Trinajstić information content (AvgIpc) is 2.32. The van der Waals surface area contributed by atoms with Crippen LogP contribution in [0.2, 0.25) is 5.02 Å². The van der Waals surface area contributed by atoms with E-state index in [1.165, 1.54) is 18.2 Å². The zero-order valence-electron chi connectivity index (χ0n) is 9.89. The van der Waals surface area contributed by atoms with Gasteiger partial charge in [-0.05, 0) is 30.7 Å². The number of anilines is 1. The molecule has 0 aliphatic rings. The van der Waals surface area contributed by atoms with Gasteiger partial charge in [-0.3, -0.25) is 4.72 Å². The van der Waals surface area contributed by atoms with E-state index in [1.54, 1.807) is 19.1 Å². The predicted molar refractivity (Wildman–Crippen MR) is 71.2 cm³/mol. The molecule has 0 saturated carbocycles. The summed E-state index contributed by atoms with van der Waals surface area (Å²) in [6, 6.07) is 8.48. The van der Waals surface area contributed by atoms with Gasteiger partial charge in [-0.1, -0.05) is 29.8 Å². The maximum absolute atomic E-state index is 12.9. The fourth-order valence-corrected chi connectivity index (χ4v) is 3.07. The van der Waals surface area contributed by atoms with Crippen molar-refractivity contribution >= 4 is 27.4 Å². The largest absolute Gasteiger partial charge is 0.264 e. The predicted octanol–water partition coefficient (Wildman–Crippen LogP) is 2.98. The van der Waals surface area contributed by atoms with Crippen molar-refractivity contribution in [3.8, 4) is 0 Å². The Kier molecular flexibility index (Phi) is 3.73. The molecular formula is C12H10ClFN2O2S. The second-order valence-electron chi connectivity index (χ2n) is 3.84. The van der Waals surface area contributed by atoms with Gasteiger partial charge in [0.25, 0.3) is 10.0 Å². The van der Waals surface area contributed by atoms with Crippen LogP contribution in [0, 0.1) is 12.9 Å². The van der Waals surface area contributed by atoms with Gasteiger partial charge >= 0.3 is 0 Å². The third-order valence-corrected chi connectivity index (χ3v) is 4.41. The van der Waals surface area contributed by atoms with E-state index in [4.69, 9.17) is 11.6 Å². The molecule has 2 aromatic rings. The number of aromatic nitrogens is 1. The van der Waals surface area contributed by atoms with Gasteiger partial charge in [0, 0.05) is 0 Å². The minimum absolute atomic E-state index is 0.0692. The van der Waals surface area contributed by atoms with Crippen molar-refractivity contribution in [2.45, 2.75) is 11.8 Å². The lowest BCUT2D eigenvalue weighted by molar-refractivity contribution is 0.584. The van der Waals surface area contributed by atoms with Crippen LogP contribution < -0.4 is 4.72 Å². The van der Waals surface area contributed by atoms with E-state index < -0.39 is 16.0 Å². The number of nitrogens with zero attached hydrogens (tertiary/aromatic N) is 1. The third kappa shape index (κ3) is 3.02. The fraction of sp³-hybridized carbons (Fsp3) is 0.0833. The number of rotatable bonds is 3. The molecule has 1 aromatic heterocycles. The Morgan fingerprint density at radius 3 is 2.58 bits per heavy atom. The van der Waals surface area contributed by atoms with E-state index in [1.807, 2.05) is 0 Å². The van der Waals surface area contributed by atoms with Crippen LogP contribution in [0.1, 0.15) is 5.56 Å². The van der Waals surface area contributed by atoms with Crippen LogP contribution in [0.25, 0.3) is 0 Å². The molecule has 1 N–H and O–H groups in total. The van der Waals surface area contributed by atoms with Gasteiger partial charge < -0.3 is 0 Å². The molecule has 0 radical (unpaired) electrons. The Balaban J connectivity index is 2.41. The number of hydrogen-bond acceptors (Lipinski definition) is 3. The minimum Gasteiger partial charge on any atom is -0.263 e. The summed E-state index contributed by atoms with van der Waals surface area (Å²) >= 11 is 5.96. The van der Waals surface area contributed by atoms with Crippen molar-refractivity contribution in [1.82, 2.24) is 4.98 Å². The van der Waals surface area contributed by atoms with Crippen molar-refractivity contribution in [3.05, 3.63) is 52.9 Å². The fourth-order valence-electron chi connectivity index (χ4n) is 1.49. The van der Waals surface area contributed by atoms with Gasteiger partial charge in [-0.25, -0.2) is 13.4 Å². The molecule has 4 nitrogen and oxygen atoms in total. The maximum atomic E-state index is 12.9. The molecule has 0 unspecified atom stereocenters. The Hall–Kier alpha value is -1.66. The van der Waals surface area contributed by atoms with Crippen LogP contribution in [0.15, 0.2) is 41.3 Å². The highest BCUT2D eigenvalue weighted by Gasteiger charge is 2.19. The lowest BCUT2D eigenvalue weighted by Crippen LogP contribution is -2.15. The molecule has 0 aliphatic carbocycles. The number of pyridine rings is 1. The topological polar surface area (TPSA) is 59.1 Å². The van der Waals surface area contributed by atoms with E-state index in [2.05, 4.69) is 9.71 Å². The molecule has 0 atom stereocenters. The van der Waals surface area contributed by atoms with Crippen LogP contribution in [0.3, 0.4) is 0 Å². The number of hydrogen-bond donors (Lipinski definition) is 1. The molecule has 2 rings (SSSR count). The Labute approximate surface area is 115 Å². The minimum atomic E-state index is -3.89. The SMILES string of the molecule is Cc1cccc(S(=O)(=O)Nc2cccc(F)n2)c1Cl. The first kappa shape index (κ1) is 13.8. The van der Waals surface area contributed by atoms with Gasteiger partial charge in [-0.15, -0.1) is 0 Å². The summed E-state index contributed by atoms with van der Waals surface area (Å²) in [6.45, 7) is 1.70. The second kappa shape index (κ2) is 5.14. The zero-order valence-corrected chi connectivity index (χ0v) is 11.5. The van der Waals surface area contributed by atoms with Crippen molar-refractivity contribution in [2.75, 3.05) is 4.72 Å². The summed E-state index contributed by atoms with van der Waals surface area (Å²) in [5, 5.41) is 0.131. The Morgan fingerprint density at radius 2 is 1.89 bits per heavy atom. The number of halogens is 2. The van der Waals surface area contributed by atoms with Gasteiger partial charge in [0.15, 0.2) is 0 Å². The van der Waals surface area contributed by atoms with E-state index >= 15 is 0 Å². The quantitative estimate of drug-likeness (QED) is 0.887. The second-order valence-corrected chi connectivity index (χ2v) is 5.87. The smallest absolute Gasteiger partial charge is 0.263 e. The van der Waals surface area contributed by atoms with Crippen molar-refractivity contribution in [2.24, 2.45) is 0 Å². The normalized spacial score (nSPS) is 11.3. The van der Waals surface area contributed by atoms with Gasteiger partial charge in [0.05, 0.1) is 5.02 Å². The zero-order chi connectivity index (χ0) is 14.0. The van der Waals surface area contributed by atoms with E-state index in [0.717, 1.165) is 6.07 Å². The van der Waals surface area contributed by atoms with E-state index in [9.17, 15) is 12.8 Å². The molecule has 100 valence electrons. The molecule has 0 amide bonds. The Bertz CT molecular complexity index is 719. The Morgan fingerprint density at radius 1 is 1.21 bits per heavy atom. The lowest BCUT2D eigenvalue weighted by Gasteiger charge is -2.09. The summed E-state index contributed by atoms with van der Waals surface area (Å²) in [5.41, 5.74) is 0.636. The standard InChI is InChI=1S/C12H10ClFN2O2S/c1-8-4-2-5-9(12(8)13)19(17,18)16-11-7-3-6-10(14)15-11/h2-7H,1H3,(H,15,16). The number of aryl methyl sites for hydroxylation is 1. The molecule has 0 spiro atoms. The summed E-state index contributed by atoms with van der Waals surface area (Å²) in [7, 11) is -3.89. The van der Waals surface area contributed by atoms with Crippen molar-refractivity contribution < 1.29 is 12.8 Å². The monoisotopic (exact) mass is 300 g/mol. The third-order valence-electron chi connectivity index (χ3n) is 2.40. The highest BCUT2D eigenvalue weighted by molar-refractivity contribution is 7.92. The maximum Gasteiger partial charge on any atom is 0.264 e. The number of nitrogens with one attached hydrogen (secondary N) is 1. The van der Waals surface area contributed by atoms with Crippen LogP contribution in [0.5, 0.6) is 0 Å². The summed E-state index contributed by atoms with van der Waals surface area (Å²) in [4.78, 5) is 3.37. The van der Waals surface area contributed by atoms with Gasteiger partial charge in [-0.2, -0.15) is 4.39 Å². The van der Waals surface area contributed by atoms with E-state index in [0.29, 0.717) is 5.56 Å².